The number of para-hydroxylation sites is 1. The number of fused-ring (bicyclic) bond motifs is 1. The number of ether oxygens (including phenoxy) is 1. The third-order valence-electron chi connectivity index (χ3n) is 5.12. The molecule has 1 aromatic heterocycles. The summed E-state index contributed by atoms with van der Waals surface area (Å²) in [7, 11) is -3.59. The largest absolute Gasteiger partial charge is 0.490 e. The van der Waals surface area contributed by atoms with E-state index >= 15 is 0 Å². The molecule has 7 nitrogen and oxygen atoms in total. The fraction of sp³-hybridized carbons (Fsp3) is 0.208. The SMILES string of the molecule is Cc1cc(NCc2ccc(Cl)c(Cl)c2)c2cccc(OCCNS(=O)(=O)C3=CNCC=C3)c2n1. The maximum Gasteiger partial charge on any atom is 0.242 e. The second-order valence-corrected chi connectivity index (χ2v) is 10.3. The van der Waals surface area contributed by atoms with Gasteiger partial charge in [-0.25, -0.2) is 18.1 Å². The van der Waals surface area contributed by atoms with Gasteiger partial charge in [-0.2, -0.15) is 0 Å². The zero-order chi connectivity index (χ0) is 24.1. The third-order valence-corrected chi connectivity index (χ3v) is 7.32. The van der Waals surface area contributed by atoms with Gasteiger partial charge in [0.1, 0.15) is 17.9 Å². The predicted octanol–water partition coefficient (Wildman–Crippen LogP) is 4.76. The molecule has 0 radical (unpaired) electrons. The van der Waals surface area contributed by atoms with Crippen LogP contribution in [0.4, 0.5) is 5.69 Å². The van der Waals surface area contributed by atoms with Gasteiger partial charge in [0.15, 0.2) is 0 Å². The minimum atomic E-state index is -3.59. The minimum Gasteiger partial charge on any atom is -0.490 e. The standard InChI is InChI=1S/C24H24Cl2N4O3S/c1-16-12-22(28-14-17-7-8-20(25)21(26)13-17)19-5-2-6-23(24(19)30-16)33-11-10-29-34(31,32)18-4-3-9-27-15-18/h2-8,12-13,15,27,29H,9-11,14H2,1H3,(H,28,30). The maximum absolute atomic E-state index is 12.4. The lowest BCUT2D eigenvalue weighted by molar-refractivity contribution is 0.326. The minimum absolute atomic E-state index is 0.123. The first kappa shape index (κ1) is 24.3. The Bertz CT molecular complexity index is 1370. The zero-order valence-electron chi connectivity index (χ0n) is 18.4. The highest BCUT2D eigenvalue weighted by Gasteiger charge is 2.16. The number of pyridine rings is 1. The molecule has 0 fully saturated rings. The van der Waals surface area contributed by atoms with Crippen LogP contribution in [0.2, 0.25) is 10.0 Å². The molecule has 1 aliphatic rings. The molecule has 2 heterocycles. The number of nitrogens with one attached hydrogen (secondary N) is 3. The molecule has 2 aromatic carbocycles. The monoisotopic (exact) mass is 518 g/mol. The summed E-state index contributed by atoms with van der Waals surface area (Å²) in [5, 5.41) is 8.24. The fourth-order valence-electron chi connectivity index (χ4n) is 3.50. The second-order valence-electron chi connectivity index (χ2n) is 7.67. The van der Waals surface area contributed by atoms with Crippen LogP contribution >= 0.6 is 23.2 Å². The molecule has 0 amide bonds. The molecule has 0 aliphatic carbocycles. The maximum atomic E-state index is 12.4. The average Bonchev–Trinajstić information content (AvgIpc) is 2.83. The summed E-state index contributed by atoms with van der Waals surface area (Å²) in [5.41, 5.74) is 3.42. The van der Waals surface area contributed by atoms with Crippen LogP contribution in [0.25, 0.3) is 10.9 Å². The summed E-state index contributed by atoms with van der Waals surface area (Å²) in [5.74, 6) is 0.580. The average molecular weight is 519 g/mol. The van der Waals surface area contributed by atoms with Crippen molar-refractivity contribution in [3.05, 3.63) is 87.0 Å². The van der Waals surface area contributed by atoms with E-state index in [0.717, 1.165) is 22.3 Å². The first-order valence-electron chi connectivity index (χ1n) is 10.6. The molecule has 10 heteroatoms. The van der Waals surface area contributed by atoms with E-state index in [2.05, 4.69) is 20.3 Å². The van der Waals surface area contributed by atoms with Crippen molar-refractivity contribution in [1.82, 2.24) is 15.0 Å². The molecule has 0 saturated carbocycles. The number of anilines is 1. The Balaban J connectivity index is 1.45. The van der Waals surface area contributed by atoms with Gasteiger partial charge >= 0.3 is 0 Å². The molecule has 0 saturated heterocycles. The van der Waals surface area contributed by atoms with Crippen molar-refractivity contribution < 1.29 is 13.2 Å². The number of aryl methyl sites for hydroxylation is 1. The number of sulfonamides is 1. The van der Waals surface area contributed by atoms with Gasteiger partial charge in [-0.15, -0.1) is 0 Å². The molecule has 0 atom stereocenters. The van der Waals surface area contributed by atoms with Crippen molar-refractivity contribution in [3.63, 3.8) is 0 Å². The summed E-state index contributed by atoms with van der Waals surface area (Å²) in [6, 6.07) is 13.2. The summed E-state index contributed by atoms with van der Waals surface area (Å²) in [6.07, 6.45) is 4.80. The number of allylic oxidation sites excluding steroid dienone is 1. The molecular weight excluding hydrogens is 495 g/mol. The molecule has 4 rings (SSSR count). The molecule has 178 valence electrons. The molecule has 3 aromatic rings. The van der Waals surface area contributed by atoms with Crippen LogP contribution in [0.3, 0.4) is 0 Å². The molecule has 0 unspecified atom stereocenters. The van der Waals surface area contributed by atoms with Crippen molar-refractivity contribution in [1.29, 1.82) is 0 Å². The Kier molecular flexibility index (Phi) is 7.63. The molecule has 1 aliphatic heterocycles. The Morgan fingerprint density at radius 3 is 2.76 bits per heavy atom. The van der Waals surface area contributed by atoms with E-state index in [-0.39, 0.29) is 18.1 Å². The van der Waals surface area contributed by atoms with Crippen molar-refractivity contribution in [3.8, 4) is 5.75 Å². The van der Waals surface area contributed by atoms with Crippen LogP contribution in [-0.4, -0.2) is 33.1 Å². The molecule has 0 bridgehead atoms. The summed E-state index contributed by atoms with van der Waals surface area (Å²) >= 11 is 12.1. The van der Waals surface area contributed by atoms with Gasteiger partial charge in [-0.05, 0) is 42.8 Å². The van der Waals surface area contributed by atoms with Gasteiger partial charge in [-0.3, -0.25) is 0 Å². The Morgan fingerprint density at radius 1 is 1.15 bits per heavy atom. The van der Waals surface area contributed by atoms with Crippen molar-refractivity contribution in [2.75, 3.05) is 25.0 Å². The lowest BCUT2D eigenvalue weighted by Gasteiger charge is -2.15. The van der Waals surface area contributed by atoms with Crippen molar-refractivity contribution >= 4 is 49.8 Å². The Labute approximate surface area is 208 Å². The highest BCUT2D eigenvalue weighted by molar-refractivity contribution is 7.93. The number of dihydropyridines is 1. The number of halogens is 2. The van der Waals surface area contributed by atoms with Crippen molar-refractivity contribution in [2.24, 2.45) is 0 Å². The second kappa shape index (κ2) is 10.7. The van der Waals surface area contributed by atoms with Gasteiger partial charge in [0.05, 0.1) is 15.0 Å². The molecule has 0 spiro atoms. The number of hydrogen-bond acceptors (Lipinski definition) is 6. The van der Waals surface area contributed by atoms with E-state index < -0.39 is 10.0 Å². The van der Waals surface area contributed by atoms with Crippen LogP contribution in [0, 0.1) is 6.92 Å². The normalized spacial score (nSPS) is 13.4. The smallest absolute Gasteiger partial charge is 0.242 e. The fourth-order valence-corrected chi connectivity index (χ4v) is 4.85. The first-order chi connectivity index (χ1) is 16.3. The molecule has 3 N–H and O–H groups in total. The highest BCUT2D eigenvalue weighted by Crippen LogP contribution is 2.31. The number of aromatic nitrogens is 1. The number of benzene rings is 2. The van der Waals surface area contributed by atoms with E-state index in [1.807, 2.05) is 43.3 Å². The quantitative estimate of drug-likeness (QED) is 0.353. The van der Waals surface area contributed by atoms with E-state index in [1.165, 1.54) is 6.20 Å². The van der Waals surface area contributed by atoms with E-state index in [9.17, 15) is 8.42 Å². The molecule has 34 heavy (non-hydrogen) atoms. The van der Waals surface area contributed by atoms with E-state index in [4.69, 9.17) is 27.9 Å². The third kappa shape index (κ3) is 5.82. The van der Waals surface area contributed by atoms with Crippen LogP contribution in [0.5, 0.6) is 5.75 Å². The summed E-state index contributed by atoms with van der Waals surface area (Å²) in [4.78, 5) is 4.84. The van der Waals surface area contributed by atoms with Crippen LogP contribution < -0.4 is 20.1 Å². The van der Waals surface area contributed by atoms with Crippen LogP contribution in [0.1, 0.15) is 11.3 Å². The lowest BCUT2D eigenvalue weighted by atomic mass is 10.1. The van der Waals surface area contributed by atoms with Crippen LogP contribution in [0.15, 0.2) is 65.7 Å². The summed E-state index contributed by atoms with van der Waals surface area (Å²) in [6.45, 7) is 3.36. The van der Waals surface area contributed by atoms with Gasteiger partial charge in [0.2, 0.25) is 10.0 Å². The first-order valence-corrected chi connectivity index (χ1v) is 12.9. The van der Waals surface area contributed by atoms with Gasteiger partial charge < -0.3 is 15.4 Å². The van der Waals surface area contributed by atoms with E-state index in [0.29, 0.717) is 34.4 Å². The lowest BCUT2D eigenvalue weighted by Crippen LogP contribution is -2.30. The highest BCUT2D eigenvalue weighted by atomic mass is 35.5. The number of nitrogens with zero attached hydrogens (tertiary/aromatic N) is 1. The van der Waals surface area contributed by atoms with Crippen molar-refractivity contribution in [2.45, 2.75) is 13.5 Å². The zero-order valence-corrected chi connectivity index (χ0v) is 20.8. The van der Waals surface area contributed by atoms with Gasteiger partial charge in [0, 0.05) is 42.6 Å². The Morgan fingerprint density at radius 2 is 2.00 bits per heavy atom. The predicted molar refractivity (Wildman–Crippen MR) is 138 cm³/mol. The summed E-state index contributed by atoms with van der Waals surface area (Å²) < 4.78 is 33.2. The van der Waals surface area contributed by atoms with E-state index in [1.54, 1.807) is 18.2 Å². The number of hydrogen-bond donors (Lipinski definition) is 3. The Hall–Kier alpha value is -2.78. The number of rotatable bonds is 9. The molecular formula is C24H24Cl2N4O3S. The topological polar surface area (TPSA) is 92.4 Å². The van der Waals surface area contributed by atoms with Gasteiger partial charge in [-0.1, -0.05) is 47.5 Å². The van der Waals surface area contributed by atoms with Crippen LogP contribution in [-0.2, 0) is 16.6 Å². The van der Waals surface area contributed by atoms with Gasteiger partial charge in [0.25, 0.3) is 0 Å².